The lowest BCUT2D eigenvalue weighted by Crippen LogP contribution is -1.83. The molecule has 0 aromatic carbocycles. The van der Waals surface area contributed by atoms with Crippen LogP contribution in [-0.2, 0) is 0 Å². The molecule has 1 N–H and O–H groups in total. The first-order chi connectivity index (χ1) is 6.38. The first-order valence-corrected chi connectivity index (χ1v) is 3.92. The maximum absolute atomic E-state index is 9.46. The van der Waals surface area contributed by atoms with Crippen LogP contribution in [0.3, 0.4) is 0 Å². The maximum atomic E-state index is 9.46. The molecule has 2 rings (SSSR count). The molecule has 0 aliphatic carbocycles. The Morgan fingerprint density at radius 1 is 1.08 bits per heavy atom. The van der Waals surface area contributed by atoms with E-state index in [1.165, 1.54) is 6.20 Å². The zero-order chi connectivity index (χ0) is 9.10. The second-order valence-corrected chi connectivity index (χ2v) is 2.61. The molecule has 0 radical (unpaired) electrons. The second-order valence-electron chi connectivity index (χ2n) is 2.61. The molecule has 0 bridgehead atoms. The van der Waals surface area contributed by atoms with Gasteiger partial charge in [-0.05, 0) is 18.2 Å². The number of pyridine rings is 2. The molecule has 0 aliphatic rings. The summed E-state index contributed by atoms with van der Waals surface area (Å²) >= 11 is 0. The van der Waals surface area contributed by atoms with Crippen molar-refractivity contribution in [2.75, 3.05) is 0 Å². The van der Waals surface area contributed by atoms with Crippen molar-refractivity contribution in [2.45, 2.75) is 0 Å². The molecule has 0 fully saturated rings. The molecular weight excluding hydrogens is 164 g/mol. The lowest BCUT2D eigenvalue weighted by atomic mass is 10.1. The number of nitrogens with zero attached hydrogens (tertiary/aromatic N) is 2. The van der Waals surface area contributed by atoms with Gasteiger partial charge in [0.15, 0.2) is 0 Å². The molecule has 0 saturated carbocycles. The average Bonchev–Trinajstić information content (AvgIpc) is 2.20. The largest absolute Gasteiger partial charge is 0.506 e. The number of rotatable bonds is 1. The predicted molar refractivity (Wildman–Crippen MR) is 49.1 cm³/mol. The van der Waals surface area contributed by atoms with Gasteiger partial charge < -0.3 is 5.11 Å². The van der Waals surface area contributed by atoms with Crippen molar-refractivity contribution in [3.8, 4) is 17.0 Å². The molecule has 3 nitrogen and oxygen atoms in total. The molecule has 0 aliphatic heterocycles. The lowest BCUT2D eigenvalue weighted by Gasteiger charge is -2.01. The van der Waals surface area contributed by atoms with Gasteiger partial charge in [-0.3, -0.25) is 9.97 Å². The van der Waals surface area contributed by atoms with Crippen molar-refractivity contribution in [3.63, 3.8) is 0 Å². The summed E-state index contributed by atoms with van der Waals surface area (Å²) in [6, 6.07) is 7.29. The van der Waals surface area contributed by atoms with Crippen LogP contribution in [0.1, 0.15) is 0 Å². The Morgan fingerprint density at radius 2 is 2.00 bits per heavy atom. The molecule has 2 aromatic rings. The predicted octanol–water partition coefficient (Wildman–Crippen LogP) is 1.85. The highest BCUT2D eigenvalue weighted by atomic mass is 16.3. The van der Waals surface area contributed by atoms with Gasteiger partial charge in [0.1, 0.15) is 5.75 Å². The van der Waals surface area contributed by atoms with Crippen LogP contribution < -0.4 is 0 Å². The smallest absolute Gasteiger partial charge is 0.143 e. The third-order valence-electron chi connectivity index (χ3n) is 1.74. The molecule has 0 amide bonds. The van der Waals surface area contributed by atoms with E-state index in [9.17, 15) is 5.11 Å². The summed E-state index contributed by atoms with van der Waals surface area (Å²) in [7, 11) is 0. The number of aromatic nitrogens is 2. The van der Waals surface area contributed by atoms with E-state index in [1.807, 2.05) is 18.2 Å². The van der Waals surface area contributed by atoms with Crippen LogP contribution in [-0.4, -0.2) is 15.1 Å². The molecule has 64 valence electrons. The third-order valence-corrected chi connectivity index (χ3v) is 1.74. The van der Waals surface area contributed by atoms with Crippen molar-refractivity contribution >= 4 is 0 Å². The van der Waals surface area contributed by atoms with Crippen LogP contribution in [0.4, 0.5) is 0 Å². The van der Waals surface area contributed by atoms with Gasteiger partial charge in [-0.2, -0.15) is 0 Å². The van der Waals surface area contributed by atoms with Crippen LogP contribution in [0, 0.1) is 0 Å². The highest BCUT2D eigenvalue weighted by Crippen LogP contribution is 2.24. The zero-order valence-electron chi connectivity index (χ0n) is 6.88. The Balaban J connectivity index is 2.54. The minimum absolute atomic E-state index is 0.154. The Morgan fingerprint density at radius 3 is 2.69 bits per heavy atom. The molecule has 2 heterocycles. The quantitative estimate of drug-likeness (QED) is 0.714. The van der Waals surface area contributed by atoms with Gasteiger partial charge in [0.05, 0.1) is 11.9 Å². The first kappa shape index (κ1) is 7.73. The molecule has 3 heteroatoms. The van der Waals surface area contributed by atoms with Gasteiger partial charge >= 0.3 is 0 Å². The zero-order valence-corrected chi connectivity index (χ0v) is 6.88. The van der Waals surface area contributed by atoms with Crippen molar-refractivity contribution in [1.29, 1.82) is 0 Å². The highest BCUT2D eigenvalue weighted by Gasteiger charge is 2.02. The molecule has 0 spiro atoms. The summed E-state index contributed by atoms with van der Waals surface area (Å²) in [4.78, 5) is 7.91. The van der Waals surface area contributed by atoms with Crippen molar-refractivity contribution in [2.24, 2.45) is 0 Å². The van der Waals surface area contributed by atoms with Gasteiger partial charge in [-0.1, -0.05) is 6.07 Å². The van der Waals surface area contributed by atoms with E-state index in [1.54, 1.807) is 18.5 Å². The van der Waals surface area contributed by atoms with Gasteiger partial charge in [0.25, 0.3) is 0 Å². The topological polar surface area (TPSA) is 46.0 Å². The molecule has 13 heavy (non-hydrogen) atoms. The molecule has 0 atom stereocenters. The lowest BCUT2D eigenvalue weighted by molar-refractivity contribution is 0.474. The van der Waals surface area contributed by atoms with E-state index >= 15 is 0 Å². The number of hydrogen-bond donors (Lipinski definition) is 1. The van der Waals surface area contributed by atoms with Crippen LogP contribution in [0.5, 0.6) is 5.75 Å². The van der Waals surface area contributed by atoms with E-state index in [2.05, 4.69) is 9.97 Å². The van der Waals surface area contributed by atoms with Gasteiger partial charge in [-0.15, -0.1) is 0 Å². The normalized spacial score (nSPS) is 9.85. The van der Waals surface area contributed by atoms with E-state index in [-0.39, 0.29) is 5.75 Å². The summed E-state index contributed by atoms with van der Waals surface area (Å²) < 4.78 is 0. The fourth-order valence-electron chi connectivity index (χ4n) is 1.12. The molecular formula is C10H8N2O. The van der Waals surface area contributed by atoms with Crippen molar-refractivity contribution in [3.05, 3.63) is 42.9 Å². The van der Waals surface area contributed by atoms with Crippen LogP contribution in [0.25, 0.3) is 11.3 Å². The Hall–Kier alpha value is -1.90. The minimum atomic E-state index is 0.154. The summed E-state index contributed by atoms with van der Waals surface area (Å²) in [5, 5.41) is 9.46. The maximum Gasteiger partial charge on any atom is 0.143 e. The van der Waals surface area contributed by atoms with Gasteiger partial charge in [-0.25, -0.2) is 0 Å². The summed E-state index contributed by atoms with van der Waals surface area (Å²) in [6.45, 7) is 0. The van der Waals surface area contributed by atoms with Crippen molar-refractivity contribution < 1.29 is 5.11 Å². The van der Waals surface area contributed by atoms with E-state index in [0.29, 0.717) is 5.56 Å². The average molecular weight is 172 g/mol. The Bertz CT molecular complexity index is 401. The monoisotopic (exact) mass is 172 g/mol. The molecule has 0 unspecified atom stereocenters. The van der Waals surface area contributed by atoms with Gasteiger partial charge in [0.2, 0.25) is 0 Å². The molecule has 0 saturated heterocycles. The highest BCUT2D eigenvalue weighted by molar-refractivity contribution is 5.65. The molecule has 2 aromatic heterocycles. The minimum Gasteiger partial charge on any atom is -0.506 e. The standard InChI is InChI=1S/C10H8N2O/c13-10-7-11-6-4-8(10)9-3-1-2-5-12-9/h1-7,13H. The summed E-state index contributed by atoms with van der Waals surface area (Å²) in [6.07, 6.45) is 4.73. The van der Waals surface area contributed by atoms with E-state index in [0.717, 1.165) is 5.69 Å². The second kappa shape index (κ2) is 3.23. The van der Waals surface area contributed by atoms with Gasteiger partial charge in [0, 0.05) is 18.0 Å². The SMILES string of the molecule is Oc1cnccc1-c1ccccn1. The van der Waals surface area contributed by atoms with Crippen LogP contribution in [0.15, 0.2) is 42.9 Å². The number of hydrogen-bond acceptors (Lipinski definition) is 3. The van der Waals surface area contributed by atoms with E-state index < -0.39 is 0 Å². The van der Waals surface area contributed by atoms with E-state index in [4.69, 9.17) is 0 Å². The summed E-state index contributed by atoms with van der Waals surface area (Å²) in [5.74, 6) is 0.154. The fraction of sp³-hybridized carbons (Fsp3) is 0. The Labute approximate surface area is 75.7 Å². The Kier molecular flexibility index (Phi) is 1.92. The third kappa shape index (κ3) is 1.49. The first-order valence-electron chi connectivity index (χ1n) is 3.92. The van der Waals surface area contributed by atoms with Crippen LogP contribution in [0.2, 0.25) is 0 Å². The summed E-state index contributed by atoms with van der Waals surface area (Å²) in [5.41, 5.74) is 1.46. The number of aromatic hydroxyl groups is 1. The fourth-order valence-corrected chi connectivity index (χ4v) is 1.12. The van der Waals surface area contributed by atoms with Crippen molar-refractivity contribution in [1.82, 2.24) is 9.97 Å². The van der Waals surface area contributed by atoms with Crippen LogP contribution >= 0.6 is 0 Å².